The number of nitrogens with zero attached hydrogens (tertiary/aromatic N) is 1. The Hall–Kier alpha value is -3.13. The predicted octanol–water partition coefficient (Wildman–Crippen LogP) is 1.33. The Morgan fingerprint density at radius 2 is 2.00 bits per heavy atom. The Labute approximate surface area is 154 Å². The number of ether oxygens (including phenoxy) is 3. The van der Waals surface area contributed by atoms with E-state index in [0.29, 0.717) is 29.2 Å². The van der Waals surface area contributed by atoms with Crippen LogP contribution in [0, 0.1) is 0 Å². The van der Waals surface area contributed by atoms with Gasteiger partial charge in [0.05, 0.1) is 24.7 Å². The highest BCUT2D eigenvalue weighted by molar-refractivity contribution is 6.42. The number of carbonyl (C=O) groups excluding carboxylic acids is 2. The van der Waals surface area contributed by atoms with Crippen molar-refractivity contribution in [2.45, 2.75) is 26.0 Å². The molecule has 4 aliphatic rings. The minimum Gasteiger partial charge on any atom is -0.463 e. The van der Waals surface area contributed by atoms with Crippen LogP contribution in [-0.4, -0.2) is 41.2 Å². The summed E-state index contributed by atoms with van der Waals surface area (Å²) in [5.41, 5.74) is 0.450. The van der Waals surface area contributed by atoms with Gasteiger partial charge in [-0.1, -0.05) is 0 Å². The van der Waals surface area contributed by atoms with E-state index in [-0.39, 0.29) is 18.1 Å². The van der Waals surface area contributed by atoms with Gasteiger partial charge in [-0.25, -0.2) is 9.63 Å². The molecule has 3 aliphatic heterocycles. The van der Waals surface area contributed by atoms with E-state index < -0.39 is 17.5 Å². The Balaban J connectivity index is 1.75. The highest BCUT2D eigenvalue weighted by atomic mass is 16.7. The van der Waals surface area contributed by atoms with Gasteiger partial charge in [0.1, 0.15) is 0 Å². The molecule has 1 unspecified atom stereocenters. The number of esters is 1. The van der Waals surface area contributed by atoms with Crippen LogP contribution in [0.4, 0.5) is 0 Å². The van der Waals surface area contributed by atoms with E-state index in [1.807, 2.05) is 0 Å². The third kappa shape index (κ3) is 2.60. The molecule has 140 valence electrons. The molecule has 0 aromatic heterocycles. The zero-order valence-corrected chi connectivity index (χ0v) is 15.1. The first-order valence-electron chi connectivity index (χ1n) is 8.34. The topological polar surface area (TPSA) is 94.3 Å². The number of rotatable bonds is 4. The van der Waals surface area contributed by atoms with Crippen molar-refractivity contribution in [3.05, 3.63) is 46.7 Å². The van der Waals surface area contributed by atoms with Gasteiger partial charge in [-0.3, -0.25) is 4.79 Å². The molecule has 8 heteroatoms. The molecule has 0 amide bonds. The van der Waals surface area contributed by atoms with Gasteiger partial charge in [-0.2, -0.15) is 0 Å². The summed E-state index contributed by atoms with van der Waals surface area (Å²) in [6.07, 6.45) is 2.03. The van der Waals surface area contributed by atoms with Crippen molar-refractivity contribution in [1.82, 2.24) is 0 Å². The Bertz CT molecular complexity index is 968. The number of ketones is 1. The summed E-state index contributed by atoms with van der Waals surface area (Å²) in [7, 11) is 1.15. The quantitative estimate of drug-likeness (QED) is 0.484. The monoisotopic (exact) mass is 372 g/mol. The lowest BCUT2D eigenvalue weighted by Gasteiger charge is -2.28. The van der Waals surface area contributed by atoms with Gasteiger partial charge in [0.15, 0.2) is 11.5 Å². The number of methoxy groups -OCH3 is 1. The zero-order valence-electron chi connectivity index (χ0n) is 15.1. The van der Waals surface area contributed by atoms with E-state index in [1.165, 1.54) is 4.74 Å². The van der Waals surface area contributed by atoms with Crippen molar-refractivity contribution >= 4 is 17.5 Å². The van der Waals surface area contributed by atoms with E-state index in [9.17, 15) is 14.7 Å². The van der Waals surface area contributed by atoms with Crippen molar-refractivity contribution in [2.75, 3.05) is 13.9 Å². The molecule has 0 saturated carbocycles. The minimum atomic E-state index is -1.54. The molecule has 1 aromatic rings. The fourth-order valence-corrected chi connectivity index (χ4v) is 3.32. The van der Waals surface area contributed by atoms with Crippen LogP contribution in [-0.2, 0) is 24.9 Å². The maximum absolute atomic E-state index is 12.2. The summed E-state index contributed by atoms with van der Waals surface area (Å²) in [5.74, 6) is -0.361. The second kappa shape index (κ2) is 5.95. The Kier molecular flexibility index (Phi) is 3.81. The minimum absolute atomic E-state index is 0.123. The number of hydrogen-bond donors (Lipinski definition) is 1. The van der Waals surface area contributed by atoms with Gasteiger partial charge < -0.3 is 19.3 Å². The molecule has 5 rings (SSSR count). The van der Waals surface area contributed by atoms with Gasteiger partial charge in [-0.05, 0) is 30.7 Å². The molecule has 8 nitrogen and oxygen atoms in total. The first-order valence-corrected chi connectivity index (χ1v) is 8.34. The van der Waals surface area contributed by atoms with Crippen LogP contribution in [0.2, 0.25) is 0 Å². The maximum Gasteiger partial charge on any atom is 0.379 e. The number of carbonyl (C=O) groups is 2. The van der Waals surface area contributed by atoms with Crippen LogP contribution in [0.5, 0.6) is 11.5 Å². The summed E-state index contributed by atoms with van der Waals surface area (Å²) in [5, 5.41) is 11.2. The fraction of sp³-hybridized carbons (Fsp3) is 0.316. The van der Waals surface area contributed by atoms with Crippen LogP contribution in [0.1, 0.15) is 25.8 Å². The van der Waals surface area contributed by atoms with E-state index in [2.05, 4.69) is 4.74 Å². The highest BCUT2D eigenvalue weighted by Crippen LogP contribution is 2.39. The van der Waals surface area contributed by atoms with Crippen molar-refractivity contribution in [1.29, 1.82) is 0 Å². The van der Waals surface area contributed by atoms with Gasteiger partial charge in [0.2, 0.25) is 18.3 Å². The summed E-state index contributed by atoms with van der Waals surface area (Å²) in [6.45, 7) is 3.51. The SMILES string of the molecule is COC(=O)C(=O)C1=CC2=[N+](C(C)(O)c3ccc4c(c3)OCO4)OC1=C(C)C2. The number of Topliss-reactive ketones (excluding diaryl/α,β-unsaturated/α-hetero) is 1. The molecule has 27 heavy (non-hydrogen) atoms. The molecule has 1 atom stereocenters. The van der Waals surface area contributed by atoms with Crippen LogP contribution in [0.3, 0.4) is 0 Å². The van der Waals surface area contributed by atoms with Crippen molar-refractivity contribution in [3.8, 4) is 11.5 Å². The second-order valence-corrected chi connectivity index (χ2v) is 6.63. The zero-order chi connectivity index (χ0) is 19.3. The average molecular weight is 372 g/mol. The molecular formula is C19H18NO7+. The lowest BCUT2D eigenvalue weighted by atomic mass is 9.92. The van der Waals surface area contributed by atoms with Gasteiger partial charge >= 0.3 is 11.7 Å². The molecule has 1 aliphatic carbocycles. The number of benzene rings is 1. The normalized spacial score (nSPS) is 19.5. The summed E-state index contributed by atoms with van der Waals surface area (Å²) >= 11 is 0. The average Bonchev–Trinajstić information content (AvgIpc) is 3.14. The number of fused-ring (bicyclic) bond motifs is 3. The molecule has 3 heterocycles. The van der Waals surface area contributed by atoms with Crippen molar-refractivity contribution in [2.24, 2.45) is 0 Å². The van der Waals surface area contributed by atoms with E-state index in [4.69, 9.17) is 14.3 Å². The summed E-state index contributed by atoms with van der Waals surface area (Å²) in [4.78, 5) is 29.7. The van der Waals surface area contributed by atoms with Gasteiger partial charge in [0, 0.05) is 17.7 Å². The molecule has 0 radical (unpaired) electrons. The number of hydrogen-bond acceptors (Lipinski definition) is 7. The Morgan fingerprint density at radius 3 is 2.70 bits per heavy atom. The smallest absolute Gasteiger partial charge is 0.379 e. The van der Waals surface area contributed by atoms with Crippen LogP contribution >= 0.6 is 0 Å². The first-order chi connectivity index (χ1) is 12.8. The Morgan fingerprint density at radius 1 is 1.26 bits per heavy atom. The van der Waals surface area contributed by atoms with Crippen molar-refractivity contribution < 1.29 is 38.5 Å². The standard InChI is InChI=1S/C19H18NO7/c1-10-6-12-8-13(16(21)18(22)24-3)17(10)27-20(12)19(2,23)11-4-5-14-15(7-11)26-9-25-14/h4-5,7-8,23H,6,9H2,1-3H3/q+1. The summed E-state index contributed by atoms with van der Waals surface area (Å²) in [6, 6.07) is 5.11. The third-order valence-corrected chi connectivity index (χ3v) is 4.76. The van der Waals surface area contributed by atoms with Gasteiger partial charge in [0.25, 0.3) is 5.78 Å². The summed E-state index contributed by atoms with van der Waals surface area (Å²) < 4.78 is 16.5. The lowest BCUT2D eigenvalue weighted by molar-refractivity contribution is -0.861. The highest BCUT2D eigenvalue weighted by Gasteiger charge is 2.49. The van der Waals surface area contributed by atoms with Gasteiger partial charge in [-0.15, -0.1) is 0 Å². The largest absolute Gasteiger partial charge is 0.463 e. The second-order valence-electron chi connectivity index (χ2n) is 6.63. The molecule has 0 spiro atoms. The van der Waals surface area contributed by atoms with Crippen LogP contribution < -0.4 is 9.47 Å². The third-order valence-electron chi connectivity index (χ3n) is 4.76. The molecule has 1 N–H and O–H groups in total. The molecule has 2 bridgehead atoms. The first kappa shape index (κ1) is 17.3. The fourth-order valence-electron chi connectivity index (χ4n) is 3.32. The van der Waals surface area contributed by atoms with E-state index in [0.717, 1.165) is 12.7 Å². The molecule has 0 fully saturated rings. The lowest BCUT2D eigenvalue weighted by Crippen LogP contribution is -2.45. The molecular weight excluding hydrogens is 354 g/mol. The molecule has 1 aromatic carbocycles. The number of hydroxylamine groups is 1. The predicted molar refractivity (Wildman–Crippen MR) is 90.9 cm³/mol. The molecule has 0 saturated heterocycles. The number of allylic oxidation sites excluding steroid dienone is 3. The van der Waals surface area contributed by atoms with Crippen molar-refractivity contribution in [3.63, 3.8) is 0 Å². The van der Waals surface area contributed by atoms with E-state index in [1.54, 1.807) is 38.1 Å². The van der Waals surface area contributed by atoms with Crippen LogP contribution in [0.15, 0.2) is 41.2 Å². The van der Waals surface area contributed by atoms with E-state index >= 15 is 0 Å². The van der Waals surface area contributed by atoms with Crippen LogP contribution in [0.25, 0.3) is 0 Å². The maximum atomic E-state index is 12.2. The number of aliphatic hydroxyl groups is 1.